The largest absolute Gasteiger partial charge is 0.353 e. The number of hydrogen-bond acceptors (Lipinski definition) is 2. The Labute approximate surface area is 130 Å². The summed E-state index contributed by atoms with van der Waals surface area (Å²) in [5, 5.41) is 7.72. The molecule has 0 saturated carbocycles. The smallest absolute Gasteiger partial charge is 0.220 e. The Hall–Kier alpha value is -0.770. The lowest BCUT2D eigenvalue weighted by Crippen LogP contribution is -2.46. The molecule has 0 aromatic heterocycles. The molecule has 1 amide bonds. The van der Waals surface area contributed by atoms with Gasteiger partial charge in [-0.15, -0.1) is 0 Å². The van der Waals surface area contributed by atoms with Crippen LogP contribution in [0.1, 0.15) is 31.7 Å². The molecule has 1 aromatic rings. The lowest BCUT2D eigenvalue weighted by molar-refractivity contribution is -0.122. The molecule has 2 atom stereocenters. The molecule has 2 unspecified atom stereocenters. The predicted octanol–water partition coefficient (Wildman–Crippen LogP) is 3.18. The number of carbonyl (C=O) groups is 1. The van der Waals surface area contributed by atoms with Gasteiger partial charge in [-0.25, -0.2) is 0 Å². The number of amides is 1. The Morgan fingerprint density at radius 3 is 2.95 bits per heavy atom. The van der Waals surface area contributed by atoms with Gasteiger partial charge in [-0.3, -0.25) is 4.79 Å². The number of benzene rings is 1. The highest BCUT2D eigenvalue weighted by molar-refractivity contribution is 6.35. The molecular formula is C15H20Cl2N2O. The Morgan fingerprint density at radius 2 is 2.25 bits per heavy atom. The minimum atomic E-state index is 0.0927. The first-order valence-corrected chi connectivity index (χ1v) is 7.77. The summed E-state index contributed by atoms with van der Waals surface area (Å²) in [6, 6.07) is 6.16. The molecule has 20 heavy (non-hydrogen) atoms. The zero-order valence-corrected chi connectivity index (χ0v) is 13.1. The summed E-state index contributed by atoms with van der Waals surface area (Å²) in [7, 11) is 0. The van der Waals surface area contributed by atoms with E-state index in [0.717, 1.165) is 24.9 Å². The van der Waals surface area contributed by atoms with E-state index in [9.17, 15) is 4.79 Å². The zero-order valence-electron chi connectivity index (χ0n) is 11.6. The summed E-state index contributed by atoms with van der Waals surface area (Å²) < 4.78 is 0. The van der Waals surface area contributed by atoms with Gasteiger partial charge in [-0.2, -0.15) is 0 Å². The maximum Gasteiger partial charge on any atom is 0.220 e. The average Bonchev–Trinajstić information content (AvgIpc) is 2.37. The summed E-state index contributed by atoms with van der Waals surface area (Å²) in [6.07, 6.45) is 3.09. The van der Waals surface area contributed by atoms with E-state index < -0.39 is 0 Å². The van der Waals surface area contributed by atoms with E-state index in [4.69, 9.17) is 23.2 Å². The van der Waals surface area contributed by atoms with Crippen molar-refractivity contribution in [3.63, 3.8) is 0 Å². The molecule has 0 spiro atoms. The van der Waals surface area contributed by atoms with Crippen molar-refractivity contribution >= 4 is 29.1 Å². The van der Waals surface area contributed by atoms with E-state index in [1.165, 1.54) is 0 Å². The average molecular weight is 315 g/mol. The van der Waals surface area contributed by atoms with Gasteiger partial charge in [0.2, 0.25) is 5.91 Å². The maximum atomic E-state index is 12.0. The van der Waals surface area contributed by atoms with Crippen molar-refractivity contribution in [2.24, 2.45) is 0 Å². The van der Waals surface area contributed by atoms with Crippen molar-refractivity contribution in [2.45, 2.75) is 44.7 Å². The van der Waals surface area contributed by atoms with Crippen LogP contribution >= 0.6 is 23.2 Å². The fourth-order valence-corrected chi connectivity index (χ4v) is 3.04. The van der Waals surface area contributed by atoms with E-state index in [2.05, 4.69) is 17.6 Å². The first-order valence-electron chi connectivity index (χ1n) is 7.01. The quantitative estimate of drug-likeness (QED) is 0.896. The van der Waals surface area contributed by atoms with E-state index in [1.54, 1.807) is 12.1 Å². The van der Waals surface area contributed by atoms with Crippen LogP contribution in [0.15, 0.2) is 18.2 Å². The van der Waals surface area contributed by atoms with E-state index in [1.807, 2.05) is 6.07 Å². The first kappa shape index (κ1) is 15.6. The number of piperidine rings is 1. The van der Waals surface area contributed by atoms with Gasteiger partial charge in [-0.1, -0.05) is 29.3 Å². The molecule has 110 valence electrons. The SMILES string of the molecule is CC1CC(NC(=O)CCc2ccc(Cl)cc2Cl)CCN1. The fourth-order valence-electron chi connectivity index (χ4n) is 2.54. The van der Waals surface area contributed by atoms with Crippen molar-refractivity contribution in [2.75, 3.05) is 6.54 Å². The second-order valence-corrected chi connectivity index (χ2v) is 6.22. The van der Waals surface area contributed by atoms with Crippen molar-refractivity contribution in [3.8, 4) is 0 Å². The number of halogens is 2. The van der Waals surface area contributed by atoms with Crippen LogP contribution in [0.5, 0.6) is 0 Å². The van der Waals surface area contributed by atoms with Gasteiger partial charge in [0, 0.05) is 28.5 Å². The summed E-state index contributed by atoms with van der Waals surface area (Å²) in [6.45, 7) is 3.11. The van der Waals surface area contributed by atoms with Gasteiger partial charge >= 0.3 is 0 Å². The Bertz CT molecular complexity index is 479. The molecule has 2 N–H and O–H groups in total. The van der Waals surface area contributed by atoms with Crippen molar-refractivity contribution in [1.29, 1.82) is 0 Å². The van der Waals surface area contributed by atoms with Crippen molar-refractivity contribution in [1.82, 2.24) is 10.6 Å². The second kappa shape index (κ2) is 7.30. The van der Waals surface area contributed by atoms with Crippen LogP contribution in [0.2, 0.25) is 10.0 Å². The number of carbonyl (C=O) groups excluding carboxylic acids is 1. The second-order valence-electron chi connectivity index (χ2n) is 5.38. The third kappa shape index (κ3) is 4.65. The molecule has 1 saturated heterocycles. The van der Waals surface area contributed by atoms with E-state index in [-0.39, 0.29) is 5.91 Å². The Morgan fingerprint density at radius 1 is 1.45 bits per heavy atom. The monoisotopic (exact) mass is 314 g/mol. The molecule has 1 aromatic carbocycles. The van der Waals surface area contributed by atoms with Gasteiger partial charge in [0.05, 0.1) is 0 Å². The molecule has 1 fully saturated rings. The highest BCUT2D eigenvalue weighted by Crippen LogP contribution is 2.22. The minimum absolute atomic E-state index is 0.0927. The number of nitrogens with one attached hydrogen (secondary N) is 2. The topological polar surface area (TPSA) is 41.1 Å². The third-order valence-electron chi connectivity index (χ3n) is 3.63. The molecular weight excluding hydrogens is 295 g/mol. The van der Waals surface area contributed by atoms with Gasteiger partial charge < -0.3 is 10.6 Å². The lowest BCUT2D eigenvalue weighted by Gasteiger charge is -2.28. The molecule has 0 radical (unpaired) electrons. The first-order chi connectivity index (χ1) is 9.54. The van der Waals surface area contributed by atoms with Crippen LogP contribution < -0.4 is 10.6 Å². The van der Waals surface area contributed by atoms with Crippen LogP contribution in [0.3, 0.4) is 0 Å². The van der Waals surface area contributed by atoms with Crippen LogP contribution in [0, 0.1) is 0 Å². The zero-order chi connectivity index (χ0) is 14.5. The van der Waals surface area contributed by atoms with E-state index >= 15 is 0 Å². The summed E-state index contributed by atoms with van der Waals surface area (Å²) >= 11 is 12.0. The molecule has 5 heteroatoms. The van der Waals surface area contributed by atoms with Gasteiger partial charge in [0.15, 0.2) is 0 Å². The number of rotatable bonds is 4. The highest BCUT2D eigenvalue weighted by Gasteiger charge is 2.19. The summed E-state index contributed by atoms with van der Waals surface area (Å²) in [5.41, 5.74) is 0.963. The molecule has 1 aliphatic heterocycles. The van der Waals surface area contributed by atoms with Crippen LogP contribution in [0.4, 0.5) is 0 Å². The molecule has 3 nitrogen and oxygen atoms in total. The number of aryl methyl sites for hydroxylation is 1. The third-order valence-corrected chi connectivity index (χ3v) is 4.21. The molecule has 2 rings (SSSR count). The highest BCUT2D eigenvalue weighted by atomic mass is 35.5. The normalized spacial score (nSPS) is 22.6. The van der Waals surface area contributed by atoms with Crippen LogP contribution in [-0.4, -0.2) is 24.5 Å². The summed E-state index contributed by atoms with van der Waals surface area (Å²) in [5.74, 6) is 0.0927. The van der Waals surface area contributed by atoms with E-state index in [0.29, 0.717) is 35.0 Å². The Balaban J connectivity index is 1.80. The molecule has 1 aliphatic rings. The standard InChI is InChI=1S/C15H20Cl2N2O/c1-10-8-13(6-7-18-10)19-15(20)5-3-11-2-4-12(16)9-14(11)17/h2,4,9-10,13,18H,3,5-8H2,1H3,(H,19,20). The lowest BCUT2D eigenvalue weighted by atomic mass is 10.0. The van der Waals surface area contributed by atoms with Gasteiger partial charge in [0.1, 0.15) is 0 Å². The molecule has 0 bridgehead atoms. The van der Waals surface area contributed by atoms with Crippen LogP contribution in [0.25, 0.3) is 0 Å². The van der Waals surface area contributed by atoms with Crippen molar-refractivity contribution in [3.05, 3.63) is 33.8 Å². The van der Waals surface area contributed by atoms with Crippen molar-refractivity contribution < 1.29 is 4.79 Å². The molecule has 0 aliphatic carbocycles. The van der Waals surface area contributed by atoms with Gasteiger partial charge in [-0.05, 0) is 50.4 Å². The predicted molar refractivity (Wildman–Crippen MR) is 83.4 cm³/mol. The van der Waals surface area contributed by atoms with Gasteiger partial charge in [0.25, 0.3) is 0 Å². The Kier molecular flexibility index (Phi) is 5.70. The maximum absolute atomic E-state index is 12.0. The van der Waals surface area contributed by atoms with Crippen LogP contribution in [-0.2, 0) is 11.2 Å². The summed E-state index contributed by atoms with van der Waals surface area (Å²) in [4.78, 5) is 12.0. The molecule has 1 heterocycles. The minimum Gasteiger partial charge on any atom is -0.353 e. The number of hydrogen-bond donors (Lipinski definition) is 2. The fraction of sp³-hybridized carbons (Fsp3) is 0.533.